The highest BCUT2D eigenvalue weighted by atomic mass is 16.3. The Bertz CT molecular complexity index is 374. The maximum absolute atomic E-state index is 11.0. The van der Waals surface area contributed by atoms with Crippen LogP contribution in [0.4, 0.5) is 0 Å². The third-order valence-electron chi connectivity index (χ3n) is 2.84. The van der Waals surface area contributed by atoms with Crippen molar-refractivity contribution in [2.45, 2.75) is 32.8 Å². The third-order valence-corrected chi connectivity index (χ3v) is 2.84. The lowest BCUT2D eigenvalue weighted by atomic mass is 10.00. The first-order valence-electron chi connectivity index (χ1n) is 5.50. The zero-order chi connectivity index (χ0) is 12.1. The Morgan fingerprint density at radius 3 is 2.62 bits per heavy atom. The van der Waals surface area contributed by atoms with Crippen molar-refractivity contribution in [3.8, 4) is 0 Å². The van der Waals surface area contributed by atoms with Gasteiger partial charge in [0.25, 0.3) is 0 Å². The monoisotopic (exact) mass is 221 g/mol. The fraction of sp³-hybridized carbons (Fsp3) is 0.462. The van der Waals surface area contributed by atoms with E-state index in [0.717, 1.165) is 11.1 Å². The SMILES string of the molecule is CNC(=O)CCC(O)c1ccc(C)c(C)c1. The molecule has 0 fully saturated rings. The summed E-state index contributed by atoms with van der Waals surface area (Å²) in [6, 6.07) is 5.88. The summed E-state index contributed by atoms with van der Waals surface area (Å²) >= 11 is 0. The minimum atomic E-state index is -0.559. The van der Waals surface area contributed by atoms with Crippen molar-refractivity contribution in [2.75, 3.05) is 7.05 Å². The van der Waals surface area contributed by atoms with Gasteiger partial charge in [0, 0.05) is 13.5 Å². The van der Waals surface area contributed by atoms with Gasteiger partial charge in [0.2, 0.25) is 5.91 Å². The molecule has 0 saturated heterocycles. The number of benzene rings is 1. The molecule has 0 aliphatic heterocycles. The normalized spacial score (nSPS) is 12.2. The second kappa shape index (κ2) is 5.66. The summed E-state index contributed by atoms with van der Waals surface area (Å²) in [5.74, 6) is -0.0390. The van der Waals surface area contributed by atoms with Crippen molar-refractivity contribution >= 4 is 5.91 Å². The highest BCUT2D eigenvalue weighted by Gasteiger charge is 2.10. The first-order valence-corrected chi connectivity index (χ1v) is 5.50. The summed E-state index contributed by atoms with van der Waals surface area (Å²) in [6.07, 6.45) is 0.254. The van der Waals surface area contributed by atoms with E-state index < -0.39 is 6.10 Å². The lowest BCUT2D eigenvalue weighted by Gasteiger charge is -2.12. The maximum Gasteiger partial charge on any atom is 0.219 e. The molecule has 88 valence electrons. The first kappa shape index (κ1) is 12.7. The molecule has 1 atom stereocenters. The quantitative estimate of drug-likeness (QED) is 0.815. The number of rotatable bonds is 4. The van der Waals surface area contributed by atoms with Crippen LogP contribution in [0.25, 0.3) is 0 Å². The minimum Gasteiger partial charge on any atom is -0.388 e. The van der Waals surface area contributed by atoms with Gasteiger partial charge in [-0.1, -0.05) is 18.2 Å². The molecule has 1 amide bonds. The highest BCUT2D eigenvalue weighted by molar-refractivity contribution is 5.75. The lowest BCUT2D eigenvalue weighted by Crippen LogP contribution is -2.18. The average molecular weight is 221 g/mol. The molecular weight excluding hydrogens is 202 g/mol. The number of nitrogens with one attached hydrogen (secondary N) is 1. The van der Waals surface area contributed by atoms with Crippen LogP contribution in [0.2, 0.25) is 0 Å². The fourth-order valence-corrected chi connectivity index (χ4v) is 1.53. The van der Waals surface area contributed by atoms with E-state index in [1.165, 1.54) is 5.56 Å². The Labute approximate surface area is 96.5 Å². The van der Waals surface area contributed by atoms with Crippen molar-refractivity contribution in [1.82, 2.24) is 5.32 Å². The van der Waals surface area contributed by atoms with Crippen molar-refractivity contribution in [3.05, 3.63) is 34.9 Å². The van der Waals surface area contributed by atoms with Crippen molar-refractivity contribution in [2.24, 2.45) is 0 Å². The van der Waals surface area contributed by atoms with E-state index in [1.807, 2.05) is 32.0 Å². The second-order valence-electron chi connectivity index (χ2n) is 4.07. The summed E-state index contributed by atoms with van der Waals surface area (Å²) in [7, 11) is 1.60. The minimum absolute atomic E-state index is 0.0390. The zero-order valence-corrected chi connectivity index (χ0v) is 10.1. The Morgan fingerprint density at radius 1 is 1.38 bits per heavy atom. The summed E-state index contributed by atoms with van der Waals surface area (Å²) < 4.78 is 0. The Morgan fingerprint density at radius 2 is 2.06 bits per heavy atom. The highest BCUT2D eigenvalue weighted by Crippen LogP contribution is 2.20. The van der Waals surface area contributed by atoms with Gasteiger partial charge in [-0.05, 0) is 37.0 Å². The van der Waals surface area contributed by atoms with Crippen LogP contribution in [0.1, 0.15) is 35.6 Å². The van der Waals surface area contributed by atoms with E-state index in [2.05, 4.69) is 5.32 Å². The Hall–Kier alpha value is -1.35. The Balaban J connectivity index is 2.62. The van der Waals surface area contributed by atoms with Crippen LogP contribution in [-0.2, 0) is 4.79 Å². The first-order chi connectivity index (χ1) is 7.54. The van der Waals surface area contributed by atoms with Crippen LogP contribution in [0.15, 0.2) is 18.2 Å². The zero-order valence-electron chi connectivity index (χ0n) is 10.1. The molecule has 1 aromatic carbocycles. The third kappa shape index (κ3) is 3.35. The van der Waals surface area contributed by atoms with Gasteiger partial charge >= 0.3 is 0 Å². The van der Waals surface area contributed by atoms with Crippen LogP contribution in [0, 0.1) is 13.8 Å². The average Bonchev–Trinajstić information content (AvgIpc) is 2.29. The van der Waals surface area contributed by atoms with Gasteiger partial charge < -0.3 is 10.4 Å². The van der Waals surface area contributed by atoms with Gasteiger partial charge in [-0.2, -0.15) is 0 Å². The number of aliphatic hydroxyl groups excluding tert-OH is 1. The summed E-state index contributed by atoms with van der Waals surface area (Å²) in [6.45, 7) is 4.06. The van der Waals surface area contributed by atoms with Gasteiger partial charge in [-0.3, -0.25) is 4.79 Å². The number of carbonyl (C=O) groups is 1. The molecular formula is C13H19NO2. The van der Waals surface area contributed by atoms with Crippen LogP contribution in [-0.4, -0.2) is 18.1 Å². The predicted octanol–water partition coefficient (Wildman–Crippen LogP) is 1.86. The number of hydrogen-bond acceptors (Lipinski definition) is 2. The smallest absolute Gasteiger partial charge is 0.219 e. The molecule has 2 N–H and O–H groups in total. The molecule has 0 radical (unpaired) electrons. The molecule has 0 heterocycles. The van der Waals surface area contributed by atoms with E-state index in [1.54, 1.807) is 7.05 Å². The van der Waals surface area contributed by atoms with Gasteiger partial charge in [-0.15, -0.1) is 0 Å². The van der Waals surface area contributed by atoms with Crippen LogP contribution >= 0.6 is 0 Å². The molecule has 3 nitrogen and oxygen atoms in total. The summed E-state index contributed by atoms with van der Waals surface area (Å²) in [5, 5.41) is 12.4. The van der Waals surface area contributed by atoms with E-state index in [-0.39, 0.29) is 5.91 Å². The van der Waals surface area contributed by atoms with E-state index >= 15 is 0 Å². The molecule has 0 aliphatic rings. The van der Waals surface area contributed by atoms with Crippen LogP contribution in [0.3, 0.4) is 0 Å². The molecule has 1 aromatic rings. The van der Waals surface area contributed by atoms with E-state index in [4.69, 9.17) is 0 Å². The molecule has 0 bridgehead atoms. The second-order valence-corrected chi connectivity index (χ2v) is 4.07. The number of aliphatic hydroxyl groups is 1. The molecule has 0 aromatic heterocycles. The number of hydrogen-bond donors (Lipinski definition) is 2. The number of aryl methyl sites for hydroxylation is 2. The standard InChI is InChI=1S/C13H19NO2/c1-9-4-5-11(8-10(9)2)12(15)6-7-13(16)14-3/h4-5,8,12,15H,6-7H2,1-3H3,(H,14,16). The molecule has 1 rings (SSSR count). The number of carbonyl (C=O) groups excluding carboxylic acids is 1. The predicted molar refractivity (Wildman–Crippen MR) is 64.2 cm³/mol. The topological polar surface area (TPSA) is 49.3 Å². The van der Waals surface area contributed by atoms with Gasteiger partial charge in [-0.25, -0.2) is 0 Å². The van der Waals surface area contributed by atoms with Gasteiger partial charge in [0.15, 0.2) is 0 Å². The van der Waals surface area contributed by atoms with Crippen molar-refractivity contribution in [1.29, 1.82) is 0 Å². The molecule has 0 aliphatic carbocycles. The van der Waals surface area contributed by atoms with Crippen molar-refractivity contribution in [3.63, 3.8) is 0 Å². The molecule has 0 spiro atoms. The van der Waals surface area contributed by atoms with Crippen molar-refractivity contribution < 1.29 is 9.90 Å². The summed E-state index contributed by atoms with van der Waals surface area (Å²) in [5.41, 5.74) is 3.26. The Kier molecular flexibility index (Phi) is 4.50. The maximum atomic E-state index is 11.0. The van der Waals surface area contributed by atoms with Gasteiger partial charge in [0.1, 0.15) is 0 Å². The van der Waals surface area contributed by atoms with Gasteiger partial charge in [0.05, 0.1) is 6.10 Å². The molecule has 0 saturated carbocycles. The van der Waals surface area contributed by atoms with E-state index in [0.29, 0.717) is 12.8 Å². The van der Waals surface area contributed by atoms with Crippen LogP contribution in [0.5, 0.6) is 0 Å². The molecule has 3 heteroatoms. The molecule has 16 heavy (non-hydrogen) atoms. The summed E-state index contributed by atoms with van der Waals surface area (Å²) in [4.78, 5) is 11.0. The largest absolute Gasteiger partial charge is 0.388 e. The van der Waals surface area contributed by atoms with Crippen LogP contribution < -0.4 is 5.32 Å². The molecule has 1 unspecified atom stereocenters. The number of amides is 1. The fourth-order valence-electron chi connectivity index (χ4n) is 1.53. The lowest BCUT2D eigenvalue weighted by molar-refractivity contribution is -0.121. The van der Waals surface area contributed by atoms with E-state index in [9.17, 15) is 9.90 Å².